The summed E-state index contributed by atoms with van der Waals surface area (Å²) in [6.07, 6.45) is 13.3. The maximum absolute atomic E-state index is 11.6. The zero-order chi connectivity index (χ0) is 28.2. The Balaban J connectivity index is 0.000000164. The first kappa shape index (κ1) is 28.9. The van der Waals surface area contributed by atoms with Gasteiger partial charge in [0.25, 0.3) is 0 Å². The molecule has 2 aromatic rings. The van der Waals surface area contributed by atoms with Crippen LogP contribution in [0.15, 0.2) is 12.4 Å². The quantitative estimate of drug-likeness (QED) is 0.371. The van der Waals surface area contributed by atoms with E-state index in [1.54, 1.807) is 12.4 Å². The average molecular weight is 530 g/mol. The first-order chi connectivity index (χ1) is 17.6. The Labute approximate surface area is 222 Å². The third-order valence-electron chi connectivity index (χ3n) is 5.88. The van der Waals surface area contributed by atoms with Gasteiger partial charge in [-0.1, -0.05) is 5.92 Å². The third-order valence-corrected chi connectivity index (χ3v) is 5.88. The van der Waals surface area contributed by atoms with E-state index in [0.717, 1.165) is 49.9 Å². The Hall–Kier alpha value is -3.66. The number of nitrogens with one attached hydrogen (secondary N) is 4. The van der Waals surface area contributed by atoms with Gasteiger partial charge < -0.3 is 25.8 Å². The number of ether oxygens (including phenoxy) is 2. The lowest BCUT2D eigenvalue weighted by molar-refractivity contribution is 0.0487. The van der Waals surface area contributed by atoms with Crippen molar-refractivity contribution < 1.29 is 19.1 Å². The van der Waals surface area contributed by atoms with Crippen LogP contribution < -0.4 is 16.4 Å². The van der Waals surface area contributed by atoms with Gasteiger partial charge in [-0.3, -0.25) is 0 Å². The van der Waals surface area contributed by atoms with Crippen LogP contribution in [0.25, 0.3) is 0 Å². The summed E-state index contributed by atoms with van der Waals surface area (Å²) in [6, 6.07) is 0. The lowest BCUT2D eigenvalue weighted by Gasteiger charge is -2.22. The number of alkyl carbamates (subject to hydrolysis) is 2. The topological polar surface area (TPSA) is 186 Å². The lowest BCUT2D eigenvalue weighted by Crippen LogP contribution is -2.39. The van der Waals surface area contributed by atoms with Crippen LogP contribution in [0.2, 0.25) is 0 Å². The highest BCUT2D eigenvalue weighted by Crippen LogP contribution is 2.44. The van der Waals surface area contributed by atoms with Gasteiger partial charge in [0.2, 0.25) is 0 Å². The molecule has 0 unspecified atom stereocenters. The molecule has 0 aromatic carbocycles. The Bertz CT molecular complexity index is 1110. The van der Waals surface area contributed by atoms with E-state index in [1.165, 1.54) is 0 Å². The molecule has 0 spiro atoms. The normalized spacial score (nSPS) is 19.1. The van der Waals surface area contributed by atoms with E-state index in [9.17, 15) is 9.59 Å². The summed E-state index contributed by atoms with van der Waals surface area (Å²) in [6.45, 7) is 11.0. The first-order valence-electron chi connectivity index (χ1n) is 12.6. The molecule has 0 aliphatic heterocycles. The van der Waals surface area contributed by atoms with E-state index in [1.807, 2.05) is 41.5 Å². The molecule has 0 radical (unpaired) electrons. The van der Waals surface area contributed by atoms with Crippen LogP contribution in [0.5, 0.6) is 0 Å². The molecule has 3 saturated carbocycles. The molecule has 13 heteroatoms. The number of terminal acetylenes is 1. The second kappa shape index (κ2) is 10.6. The summed E-state index contributed by atoms with van der Waals surface area (Å²) >= 11 is 0. The summed E-state index contributed by atoms with van der Waals surface area (Å²) in [5.41, 5.74) is 5.59. The van der Waals surface area contributed by atoms with Crippen molar-refractivity contribution in [1.29, 1.82) is 0 Å². The number of H-pyrrole nitrogens is 2. The number of rotatable bonds is 4. The fourth-order valence-corrected chi connectivity index (χ4v) is 3.26. The lowest BCUT2D eigenvalue weighted by atomic mass is 10.2. The van der Waals surface area contributed by atoms with Crippen LogP contribution in [-0.2, 0) is 20.6 Å². The van der Waals surface area contributed by atoms with Crippen LogP contribution in [0.4, 0.5) is 9.59 Å². The summed E-state index contributed by atoms with van der Waals surface area (Å²) in [5, 5.41) is 25.9. The van der Waals surface area contributed by atoms with Gasteiger partial charge in [0.05, 0.1) is 23.5 Å². The molecule has 3 fully saturated rings. The monoisotopic (exact) mass is 529 g/mol. The number of nitrogens with zero attached hydrogens (tertiary/aromatic N) is 4. The molecule has 0 saturated heterocycles. The Kier molecular flexibility index (Phi) is 8.07. The number of amides is 2. The van der Waals surface area contributed by atoms with E-state index in [0.29, 0.717) is 0 Å². The second-order valence-electron chi connectivity index (χ2n) is 11.9. The largest absolute Gasteiger partial charge is 0.444 e. The van der Waals surface area contributed by atoms with Crippen molar-refractivity contribution in [2.75, 3.05) is 0 Å². The molecule has 208 valence electrons. The van der Waals surface area contributed by atoms with Crippen molar-refractivity contribution in [3.05, 3.63) is 23.8 Å². The molecule has 5 rings (SSSR count). The molecule has 2 amide bonds. The predicted molar refractivity (Wildman–Crippen MR) is 138 cm³/mol. The molecule has 3 aliphatic rings. The van der Waals surface area contributed by atoms with Crippen molar-refractivity contribution in [3.8, 4) is 12.3 Å². The van der Waals surface area contributed by atoms with Gasteiger partial charge in [0.15, 0.2) is 0 Å². The standard InChI is InChI=1S/C10H16N4O2.C10H15NO2.C5H8N4/c1-9(2,3)16-8(15)12-10(4-5-10)7-6-11-14-13-7;1-5-10(6-7-10)11-8(12)13-9(2,3)4;6-5(1-2-5)4-3-7-9-8-4/h6H,4-5H2,1-3H3,(H,12,15)(H,11,13,14);1H,6-7H2,2-4H3,(H,11,12);3H,1-2,6H2,(H,7,8,9). The van der Waals surface area contributed by atoms with Gasteiger partial charge >= 0.3 is 12.2 Å². The van der Waals surface area contributed by atoms with Gasteiger partial charge in [-0.25, -0.2) is 9.59 Å². The van der Waals surface area contributed by atoms with Gasteiger partial charge in [-0.05, 0) is 80.1 Å². The zero-order valence-electron chi connectivity index (χ0n) is 23.0. The fraction of sp³-hybridized carbons (Fsp3) is 0.680. The van der Waals surface area contributed by atoms with Gasteiger partial charge in [0.1, 0.15) is 28.1 Å². The van der Waals surface area contributed by atoms with E-state index < -0.39 is 28.9 Å². The van der Waals surface area contributed by atoms with Crippen molar-refractivity contribution >= 4 is 12.2 Å². The summed E-state index contributed by atoms with van der Waals surface area (Å²) in [5.74, 6) is 2.56. The van der Waals surface area contributed by atoms with Crippen molar-refractivity contribution in [3.63, 3.8) is 0 Å². The minimum atomic E-state index is -0.482. The molecular weight excluding hydrogens is 490 g/mol. The first-order valence-corrected chi connectivity index (χ1v) is 12.6. The van der Waals surface area contributed by atoms with E-state index in [-0.39, 0.29) is 11.1 Å². The Morgan fingerprint density at radius 3 is 1.68 bits per heavy atom. The minimum Gasteiger partial charge on any atom is -0.444 e. The maximum atomic E-state index is 11.6. The number of carbonyl (C=O) groups is 2. The minimum absolute atomic E-state index is 0.132. The molecule has 0 bridgehead atoms. The number of aromatic amines is 2. The second-order valence-corrected chi connectivity index (χ2v) is 11.9. The Morgan fingerprint density at radius 1 is 0.868 bits per heavy atom. The maximum Gasteiger partial charge on any atom is 0.408 e. The molecule has 6 N–H and O–H groups in total. The highest BCUT2D eigenvalue weighted by atomic mass is 16.6. The fourth-order valence-electron chi connectivity index (χ4n) is 3.26. The van der Waals surface area contributed by atoms with E-state index in [2.05, 4.69) is 47.4 Å². The summed E-state index contributed by atoms with van der Waals surface area (Å²) in [4.78, 5) is 22.9. The molecule has 2 aromatic heterocycles. The van der Waals surface area contributed by atoms with Gasteiger partial charge in [0, 0.05) is 0 Å². The zero-order valence-corrected chi connectivity index (χ0v) is 23.0. The van der Waals surface area contributed by atoms with Crippen LogP contribution in [0, 0.1) is 12.3 Å². The smallest absolute Gasteiger partial charge is 0.408 e. The predicted octanol–water partition coefficient (Wildman–Crippen LogP) is 2.75. The molecule has 0 atom stereocenters. The molecule has 2 heterocycles. The van der Waals surface area contributed by atoms with Crippen molar-refractivity contribution in [1.82, 2.24) is 41.5 Å². The summed E-state index contributed by atoms with van der Waals surface area (Å²) < 4.78 is 10.3. The number of aromatic nitrogens is 6. The van der Waals surface area contributed by atoms with E-state index >= 15 is 0 Å². The number of hydrogen-bond donors (Lipinski definition) is 5. The average Bonchev–Trinajstić information content (AvgIpc) is 3.74. The molecular formula is C25H39N9O4. The van der Waals surface area contributed by atoms with Crippen LogP contribution in [-0.4, -0.2) is 59.7 Å². The third kappa shape index (κ3) is 8.72. The van der Waals surface area contributed by atoms with Crippen LogP contribution >= 0.6 is 0 Å². The van der Waals surface area contributed by atoms with Crippen LogP contribution in [0.1, 0.15) is 91.5 Å². The van der Waals surface area contributed by atoms with Crippen molar-refractivity contribution in [2.24, 2.45) is 5.73 Å². The highest BCUT2D eigenvalue weighted by molar-refractivity contribution is 5.70. The molecule has 3 aliphatic carbocycles. The molecule has 38 heavy (non-hydrogen) atoms. The van der Waals surface area contributed by atoms with E-state index in [4.69, 9.17) is 21.6 Å². The number of carbonyl (C=O) groups excluding carboxylic acids is 2. The van der Waals surface area contributed by atoms with Crippen LogP contribution in [0.3, 0.4) is 0 Å². The Morgan fingerprint density at radius 2 is 1.34 bits per heavy atom. The number of hydrogen-bond acceptors (Lipinski definition) is 9. The van der Waals surface area contributed by atoms with Gasteiger partial charge in [-0.2, -0.15) is 30.8 Å². The SMILES string of the molecule is C#CC1(NC(=O)OC(C)(C)C)CC1.CC(C)(C)OC(=O)NC1(c2cn[nH]n2)CC1.NC1(c2cn[nH]n2)CC1. The summed E-state index contributed by atoms with van der Waals surface area (Å²) in [7, 11) is 0. The van der Waals surface area contributed by atoms with Gasteiger partial charge in [-0.15, -0.1) is 6.42 Å². The van der Waals surface area contributed by atoms with Crippen molar-refractivity contribution in [2.45, 2.75) is 108 Å². The number of nitrogens with two attached hydrogens (primary N) is 1. The highest BCUT2D eigenvalue weighted by Gasteiger charge is 2.49. The molecule has 13 nitrogen and oxygen atoms in total.